The van der Waals surface area contributed by atoms with Crippen LogP contribution in [-0.2, 0) is 13.0 Å². The minimum atomic E-state index is -1.37. The zero-order valence-corrected chi connectivity index (χ0v) is 21.4. The van der Waals surface area contributed by atoms with Crippen LogP contribution < -0.4 is 9.47 Å². The van der Waals surface area contributed by atoms with Crippen LogP contribution in [-0.4, -0.2) is 41.6 Å². The van der Waals surface area contributed by atoms with Gasteiger partial charge in [0.2, 0.25) is 0 Å². The Morgan fingerprint density at radius 2 is 1.64 bits per heavy atom. The van der Waals surface area contributed by atoms with Crippen molar-refractivity contribution in [3.63, 3.8) is 0 Å². The van der Waals surface area contributed by atoms with Gasteiger partial charge in [-0.15, -0.1) is 0 Å². The molecule has 2 aromatic carbocycles. The molecule has 3 atom stereocenters. The zero-order chi connectivity index (χ0) is 25.3. The average molecular weight is 498 g/mol. The normalized spacial score (nSPS) is 27.3. The maximum atomic E-state index is 16.3. The molecular formula is C30H37F2NO3. The van der Waals surface area contributed by atoms with Gasteiger partial charge in [0, 0.05) is 35.7 Å². The standard InChI is InChI=1S/C30H37F2NO3/c1-3-11-35-27-14-21-13-22(29(34)25(21)15-28(27)36-12-4-2)16-30(32)17-23-9-10-24(18-30)33(23)19-20-7-5-6-8-26(20)31/h5-8,14-15,22-24H,3-4,9-13,16-19H2,1-2H3. The molecule has 2 heterocycles. The fourth-order valence-corrected chi connectivity index (χ4v) is 6.46. The van der Waals surface area contributed by atoms with Gasteiger partial charge in [0.15, 0.2) is 17.3 Å². The third-order valence-corrected chi connectivity index (χ3v) is 8.09. The van der Waals surface area contributed by atoms with E-state index in [0.29, 0.717) is 61.6 Å². The minimum absolute atomic E-state index is 0.0200. The molecule has 0 radical (unpaired) electrons. The molecule has 2 aliphatic heterocycles. The van der Waals surface area contributed by atoms with Gasteiger partial charge in [-0.2, -0.15) is 0 Å². The lowest BCUT2D eigenvalue weighted by Gasteiger charge is -2.43. The lowest BCUT2D eigenvalue weighted by molar-refractivity contribution is -0.00689. The lowest BCUT2D eigenvalue weighted by atomic mass is 9.79. The van der Waals surface area contributed by atoms with Crippen molar-refractivity contribution in [3.8, 4) is 11.5 Å². The summed E-state index contributed by atoms with van der Waals surface area (Å²) >= 11 is 0. The number of halogens is 2. The number of carbonyl (C=O) groups is 1. The quantitative estimate of drug-likeness (QED) is 0.367. The van der Waals surface area contributed by atoms with Crippen molar-refractivity contribution in [2.75, 3.05) is 13.2 Å². The molecule has 3 unspecified atom stereocenters. The maximum absolute atomic E-state index is 16.3. The van der Waals surface area contributed by atoms with Crippen LogP contribution in [0.25, 0.3) is 0 Å². The van der Waals surface area contributed by atoms with Crippen molar-refractivity contribution < 1.29 is 23.0 Å². The van der Waals surface area contributed by atoms with E-state index < -0.39 is 5.67 Å². The van der Waals surface area contributed by atoms with Gasteiger partial charge in [0.05, 0.1) is 13.2 Å². The highest BCUT2D eigenvalue weighted by Crippen LogP contribution is 2.48. The van der Waals surface area contributed by atoms with Crippen molar-refractivity contribution in [2.45, 2.75) is 89.5 Å². The van der Waals surface area contributed by atoms with Crippen LogP contribution in [0.2, 0.25) is 0 Å². The molecule has 2 fully saturated rings. The summed E-state index contributed by atoms with van der Waals surface area (Å²) in [7, 11) is 0. The highest BCUT2D eigenvalue weighted by molar-refractivity contribution is 6.03. The summed E-state index contributed by atoms with van der Waals surface area (Å²) in [5.74, 6) is 0.738. The summed E-state index contributed by atoms with van der Waals surface area (Å²) in [6.45, 7) is 5.75. The number of hydrogen-bond acceptors (Lipinski definition) is 4. The molecule has 0 N–H and O–H groups in total. The third-order valence-electron chi connectivity index (χ3n) is 8.09. The minimum Gasteiger partial charge on any atom is -0.490 e. The van der Waals surface area contributed by atoms with Gasteiger partial charge < -0.3 is 9.47 Å². The molecule has 3 aliphatic rings. The monoisotopic (exact) mass is 497 g/mol. The molecule has 2 saturated heterocycles. The molecule has 194 valence electrons. The molecule has 36 heavy (non-hydrogen) atoms. The number of alkyl halides is 1. The fourth-order valence-electron chi connectivity index (χ4n) is 6.46. The molecular weight excluding hydrogens is 460 g/mol. The average Bonchev–Trinajstić information content (AvgIpc) is 3.29. The van der Waals surface area contributed by atoms with E-state index in [1.807, 2.05) is 31.2 Å². The Morgan fingerprint density at radius 1 is 1.00 bits per heavy atom. The number of ether oxygens (including phenoxy) is 2. The maximum Gasteiger partial charge on any atom is 0.166 e. The van der Waals surface area contributed by atoms with Gasteiger partial charge >= 0.3 is 0 Å². The van der Waals surface area contributed by atoms with E-state index in [1.165, 1.54) is 6.07 Å². The van der Waals surface area contributed by atoms with Gasteiger partial charge in [-0.25, -0.2) is 8.78 Å². The second-order valence-corrected chi connectivity index (χ2v) is 10.8. The number of Topliss-reactive ketones (excluding diaryl/α,β-unsaturated/α-hetero) is 1. The molecule has 0 aromatic heterocycles. The zero-order valence-electron chi connectivity index (χ0n) is 21.4. The summed E-state index contributed by atoms with van der Waals surface area (Å²) in [5.41, 5.74) is 0.884. The highest BCUT2D eigenvalue weighted by atomic mass is 19.1. The molecule has 0 spiro atoms. The van der Waals surface area contributed by atoms with Gasteiger partial charge in [0.25, 0.3) is 0 Å². The molecule has 0 amide bonds. The van der Waals surface area contributed by atoms with Crippen molar-refractivity contribution in [1.29, 1.82) is 0 Å². The van der Waals surface area contributed by atoms with Crippen LogP contribution in [0.3, 0.4) is 0 Å². The number of nitrogens with zero attached hydrogens (tertiary/aromatic N) is 1. The lowest BCUT2D eigenvalue weighted by Crippen LogP contribution is -2.49. The Bertz CT molecular complexity index is 1090. The van der Waals surface area contributed by atoms with Crippen LogP contribution in [0.4, 0.5) is 8.78 Å². The molecule has 1 aliphatic carbocycles. The van der Waals surface area contributed by atoms with E-state index in [0.717, 1.165) is 31.2 Å². The first-order chi connectivity index (χ1) is 17.4. The molecule has 4 nitrogen and oxygen atoms in total. The predicted octanol–water partition coefficient (Wildman–Crippen LogP) is 6.68. The van der Waals surface area contributed by atoms with Gasteiger partial charge in [-0.3, -0.25) is 9.69 Å². The third kappa shape index (κ3) is 5.02. The van der Waals surface area contributed by atoms with E-state index in [4.69, 9.17) is 9.47 Å². The van der Waals surface area contributed by atoms with Gasteiger partial charge in [0.1, 0.15) is 11.5 Å². The Morgan fingerprint density at radius 3 is 2.28 bits per heavy atom. The molecule has 0 saturated carbocycles. The number of benzene rings is 2. The number of fused-ring (bicyclic) bond motifs is 3. The van der Waals surface area contributed by atoms with Crippen LogP contribution in [0.5, 0.6) is 11.5 Å². The van der Waals surface area contributed by atoms with Gasteiger partial charge in [-0.05, 0) is 75.1 Å². The Labute approximate surface area is 213 Å². The number of ketones is 1. The number of hydrogen-bond donors (Lipinski definition) is 0. The summed E-state index contributed by atoms with van der Waals surface area (Å²) in [6.07, 6.45) is 5.22. The first-order valence-electron chi connectivity index (χ1n) is 13.6. The molecule has 2 bridgehead atoms. The second kappa shape index (κ2) is 10.5. The summed E-state index contributed by atoms with van der Waals surface area (Å²) < 4.78 is 42.4. The van der Waals surface area contributed by atoms with Crippen LogP contribution in [0.1, 0.15) is 80.3 Å². The summed E-state index contributed by atoms with van der Waals surface area (Å²) in [6, 6.07) is 10.8. The van der Waals surface area contributed by atoms with Crippen molar-refractivity contribution in [1.82, 2.24) is 4.90 Å². The van der Waals surface area contributed by atoms with Crippen LogP contribution >= 0.6 is 0 Å². The first-order valence-corrected chi connectivity index (χ1v) is 13.6. The highest BCUT2D eigenvalue weighted by Gasteiger charge is 2.50. The van der Waals surface area contributed by atoms with E-state index in [1.54, 1.807) is 6.07 Å². The molecule has 6 heteroatoms. The SMILES string of the molecule is CCCOc1cc2c(cc1OCCC)C(=O)C(CC1(F)CC3CCC(C1)N3Cc1ccccc1F)C2. The Hall–Kier alpha value is -2.47. The van der Waals surface area contributed by atoms with E-state index in [-0.39, 0.29) is 36.0 Å². The Balaban J connectivity index is 1.28. The number of carbonyl (C=O) groups excluding carboxylic acids is 1. The van der Waals surface area contributed by atoms with Crippen LogP contribution in [0.15, 0.2) is 36.4 Å². The van der Waals surface area contributed by atoms with Crippen molar-refractivity contribution in [2.24, 2.45) is 5.92 Å². The number of rotatable bonds is 10. The van der Waals surface area contributed by atoms with E-state index in [9.17, 15) is 9.18 Å². The smallest absolute Gasteiger partial charge is 0.166 e. The topological polar surface area (TPSA) is 38.8 Å². The van der Waals surface area contributed by atoms with Crippen molar-refractivity contribution in [3.05, 3.63) is 58.9 Å². The summed E-state index contributed by atoms with van der Waals surface area (Å²) in [5, 5.41) is 0. The fraction of sp³-hybridized carbons (Fsp3) is 0.567. The van der Waals surface area contributed by atoms with Gasteiger partial charge in [-0.1, -0.05) is 32.0 Å². The molecule has 5 rings (SSSR count). The summed E-state index contributed by atoms with van der Waals surface area (Å²) in [4.78, 5) is 15.7. The van der Waals surface area contributed by atoms with Crippen molar-refractivity contribution >= 4 is 5.78 Å². The van der Waals surface area contributed by atoms with Crippen LogP contribution in [0, 0.1) is 11.7 Å². The van der Waals surface area contributed by atoms with E-state index >= 15 is 4.39 Å². The number of piperidine rings is 1. The first kappa shape index (κ1) is 25.2. The second-order valence-electron chi connectivity index (χ2n) is 10.8. The Kier molecular flexibility index (Phi) is 7.34. The van der Waals surface area contributed by atoms with E-state index in [2.05, 4.69) is 11.8 Å². The largest absolute Gasteiger partial charge is 0.490 e. The predicted molar refractivity (Wildman–Crippen MR) is 136 cm³/mol. The molecule has 2 aromatic rings.